The van der Waals surface area contributed by atoms with Gasteiger partial charge in [-0.25, -0.2) is 4.79 Å². The topological polar surface area (TPSA) is 61.8 Å². The molecule has 0 aromatic heterocycles. The molecule has 0 bridgehead atoms. The zero-order chi connectivity index (χ0) is 20.4. The normalized spacial score (nSPS) is 24.3. The Hall–Kier alpha value is -1.62. The lowest BCUT2D eigenvalue weighted by Crippen LogP contribution is -2.42. The van der Waals surface area contributed by atoms with Crippen LogP contribution in [-0.2, 0) is 23.8 Å². The Morgan fingerprint density at radius 1 is 1.33 bits per heavy atom. The van der Waals surface area contributed by atoms with E-state index >= 15 is 0 Å². The zero-order valence-electron chi connectivity index (χ0n) is 17.6. The summed E-state index contributed by atoms with van der Waals surface area (Å²) in [6.45, 7) is 10.0. The van der Waals surface area contributed by atoms with Gasteiger partial charge in [0.15, 0.2) is 0 Å². The minimum atomic E-state index is -0.367. The van der Waals surface area contributed by atoms with Crippen LogP contribution in [0, 0.1) is 17.8 Å². The van der Waals surface area contributed by atoms with Gasteiger partial charge in [-0.05, 0) is 25.7 Å². The minimum Gasteiger partial charge on any atom is -0.462 e. The number of hydrogen-bond acceptors (Lipinski definition) is 5. The Balaban J connectivity index is 2.98. The first-order valence-corrected chi connectivity index (χ1v) is 10.1. The molecule has 0 saturated carbocycles. The summed E-state index contributed by atoms with van der Waals surface area (Å²) in [5, 5.41) is 0. The fraction of sp³-hybridized carbons (Fsp3) is 0.727. The van der Waals surface area contributed by atoms with E-state index in [2.05, 4.69) is 26.8 Å². The first kappa shape index (κ1) is 23.4. The van der Waals surface area contributed by atoms with E-state index in [0.29, 0.717) is 12.8 Å². The Kier molecular flexibility index (Phi) is 10.4. The fourth-order valence-electron chi connectivity index (χ4n) is 3.74. The Morgan fingerprint density at radius 3 is 2.59 bits per heavy atom. The van der Waals surface area contributed by atoms with E-state index in [9.17, 15) is 9.59 Å². The summed E-state index contributed by atoms with van der Waals surface area (Å²) in [7, 11) is 1.70. The molecule has 27 heavy (non-hydrogen) atoms. The lowest BCUT2D eigenvalue weighted by atomic mass is 9.83. The molecule has 0 aliphatic carbocycles. The number of hydrogen-bond donors (Lipinski definition) is 0. The van der Waals surface area contributed by atoms with E-state index in [0.717, 1.165) is 12.8 Å². The fourth-order valence-corrected chi connectivity index (χ4v) is 3.74. The number of ether oxygens (including phenoxy) is 3. The molecule has 0 spiro atoms. The highest BCUT2D eigenvalue weighted by Gasteiger charge is 2.36. The van der Waals surface area contributed by atoms with E-state index in [1.807, 2.05) is 19.1 Å². The molecule has 0 saturated heterocycles. The van der Waals surface area contributed by atoms with Crippen molar-refractivity contribution in [2.24, 2.45) is 17.8 Å². The number of rotatable bonds is 11. The molecule has 0 N–H and O–H groups in total. The third kappa shape index (κ3) is 7.13. The average molecular weight is 381 g/mol. The van der Waals surface area contributed by atoms with Crippen LogP contribution >= 0.6 is 0 Å². The molecule has 0 aromatic carbocycles. The predicted octanol–water partition coefficient (Wildman–Crippen LogP) is 4.46. The Morgan fingerprint density at radius 2 is 2.04 bits per heavy atom. The van der Waals surface area contributed by atoms with E-state index in [1.165, 1.54) is 6.08 Å². The molecule has 1 heterocycles. The van der Waals surface area contributed by atoms with E-state index in [4.69, 9.17) is 14.2 Å². The number of allylic oxidation sites excluding steroid dienone is 2. The van der Waals surface area contributed by atoms with Gasteiger partial charge < -0.3 is 14.2 Å². The second kappa shape index (κ2) is 12.0. The summed E-state index contributed by atoms with van der Waals surface area (Å²) >= 11 is 0. The van der Waals surface area contributed by atoms with Crippen LogP contribution in [0.15, 0.2) is 24.3 Å². The van der Waals surface area contributed by atoms with Gasteiger partial charge in [0.25, 0.3) is 0 Å². The van der Waals surface area contributed by atoms with Gasteiger partial charge in [-0.3, -0.25) is 4.79 Å². The van der Waals surface area contributed by atoms with Crippen molar-refractivity contribution in [3.05, 3.63) is 24.3 Å². The monoisotopic (exact) mass is 380 g/mol. The van der Waals surface area contributed by atoms with Crippen molar-refractivity contribution >= 4 is 11.9 Å². The second-order valence-electron chi connectivity index (χ2n) is 7.37. The molecule has 0 aromatic rings. The van der Waals surface area contributed by atoms with Crippen molar-refractivity contribution in [3.63, 3.8) is 0 Å². The molecule has 0 amide bonds. The van der Waals surface area contributed by atoms with Crippen LogP contribution in [0.25, 0.3) is 0 Å². The van der Waals surface area contributed by atoms with Crippen molar-refractivity contribution in [1.29, 1.82) is 0 Å². The summed E-state index contributed by atoms with van der Waals surface area (Å²) < 4.78 is 17.1. The second-order valence-corrected chi connectivity index (χ2v) is 7.37. The van der Waals surface area contributed by atoms with Crippen LogP contribution in [0.5, 0.6) is 0 Å². The number of methoxy groups -OCH3 is 1. The van der Waals surface area contributed by atoms with Gasteiger partial charge in [-0.2, -0.15) is 0 Å². The molecule has 0 unspecified atom stereocenters. The molecule has 5 heteroatoms. The summed E-state index contributed by atoms with van der Waals surface area (Å²) in [4.78, 5) is 23.8. The Bertz CT molecular complexity index is 525. The standard InChI is InChI=1S/C22H36O5/c1-7-10-11-15(4)22(25-6)16(5)18(26-20(23)9-3)14-19-17(8-2)12-13-21(24)27-19/h7,10,12-13,15-19,22H,8-9,11,14H2,1-6H3/b10-7+/t15-,16-,17+,18+,19+,22+/m0/s1. The maximum Gasteiger partial charge on any atom is 0.330 e. The lowest BCUT2D eigenvalue weighted by molar-refractivity contribution is -0.162. The van der Waals surface area contributed by atoms with E-state index in [-0.39, 0.29) is 48.0 Å². The van der Waals surface area contributed by atoms with Gasteiger partial charge in [-0.15, -0.1) is 0 Å². The number of carbonyl (C=O) groups excluding carboxylic acids is 2. The zero-order valence-corrected chi connectivity index (χ0v) is 17.6. The first-order chi connectivity index (χ1) is 12.9. The van der Waals surface area contributed by atoms with Gasteiger partial charge in [0.05, 0.1) is 6.10 Å². The summed E-state index contributed by atoms with van der Waals surface area (Å²) in [6, 6.07) is 0. The van der Waals surface area contributed by atoms with Crippen molar-refractivity contribution in [2.75, 3.05) is 7.11 Å². The molecule has 5 nitrogen and oxygen atoms in total. The first-order valence-electron chi connectivity index (χ1n) is 10.1. The summed E-state index contributed by atoms with van der Waals surface area (Å²) in [5.74, 6) is -0.178. The van der Waals surface area contributed by atoms with Gasteiger partial charge >= 0.3 is 11.9 Å². The predicted molar refractivity (Wildman–Crippen MR) is 106 cm³/mol. The molecule has 1 aliphatic heterocycles. The van der Waals surface area contributed by atoms with Crippen LogP contribution < -0.4 is 0 Å². The van der Waals surface area contributed by atoms with E-state index in [1.54, 1.807) is 14.0 Å². The van der Waals surface area contributed by atoms with Crippen molar-refractivity contribution in [1.82, 2.24) is 0 Å². The average Bonchev–Trinajstić information content (AvgIpc) is 2.66. The van der Waals surface area contributed by atoms with Crippen molar-refractivity contribution < 1.29 is 23.8 Å². The Labute approximate surface area is 164 Å². The molecule has 154 valence electrons. The largest absolute Gasteiger partial charge is 0.462 e. The van der Waals surface area contributed by atoms with Gasteiger partial charge in [0.1, 0.15) is 12.2 Å². The highest BCUT2D eigenvalue weighted by Crippen LogP contribution is 2.31. The van der Waals surface area contributed by atoms with Crippen LogP contribution in [0.1, 0.15) is 60.3 Å². The maximum atomic E-state index is 12.0. The molecular weight excluding hydrogens is 344 g/mol. The van der Waals surface area contributed by atoms with Gasteiger partial charge in [-0.1, -0.05) is 45.9 Å². The van der Waals surface area contributed by atoms with Crippen LogP contribution in [0.2, 0.25) is 0 Å². The quantitative estimate of drug-likeness (QED) is 0.391. The minimum absolute atomic E-state index is 0.0205. The third-order valence-electron chi connectivity index (χ3n) is 5.41. The molecule has 1 rings (SSSR count). The number of esters is 2. The van der Waals surface area contributed by atoms with Crippen LogP contribution in [-0.4, -0.2) is 37.4 Å². The molecule has 1 aliphatic rings. The highest BCUT2D eigenvalue weighted by atomic mass is 16.6. The number of carbonyl (C=O) groups is 2. The molecule has 0 radical (unpaired) electrons. The van der Waals surface area contributed by atoms with Crippen LogP contribution in [0.4, 0.5) is 0 Å². The SMILES string of the molecule is C/C=C/C[C@H](C)[C@@H](OC)[C@@H](C)[C@@H](C[C@H]1OC(=O)C=C[C@H]1CC)OC(=O)CC. The van der Waals surface area contributed by atoms with Crippen molar-refractivity contribution in [3.8, 4) is 0 Å². The molecular formula is C22H36O5. The van der Waals surface area contributed by atoms with Crippen LogP contribution in [0.3, 0.4) is 0 Å². The highest BCUT2D eigenvalue weighted by molar-refractivity contribution is 5.83. The lowest BCUT2D eigenvalue weighted by Gasteiger charge is -2.36. The summed E-state index contributed by atoms with van der Waals surface area (Å²) in [5.41, 5.74) is 0. The van der Waals surface area contributed by atoms with E-state index < -0.39 is 0 Å². The smallest absolute Gasteiger partial charge is 0.330 e. The number of cyclic esters (lactones) is 1. The summed E-state index contributed by atoms with van der Waals surface area (Å²) in [6.07, 6.45) is 9.39. The third-order valence-corrected chi connectivity index (χ3v) is 5.41. The van der Waals surface area contributed by atoms with Gasteiger partial charge in [0.2, 0.25) is 0 Å². The molecule has 0 fully saturated rings. The van der Waals surface area contributed by atoms with Gasteiger partial charge in [0, 0.05) is 37.9 Å². The molecule has 6 atom stereocenters. The maximum absolute atomic E-state index is 12.0. The van der Waals surface area contributed by atoms with Crippen molar-refractivity contribution in [2.45, 2.75) is 78.6 Å².